The fourth-order valence-corrected chi connectivity index (χ4v) is 3.16. The van der Waals surface area contributed by atoms with E-state index < -0.39 is 10.0 Å². The van der Waals surface area contributed by atoms with Crippen LogP contribution in [0, 0.1) is 6.92 Å². The Morgan fingerprint density at radius 2 is 2.21 bits per heavy atom. The SMILES string of the molecule is Cc1cc(Br)c(N)cc1S(=O)(=O)NCc1ncon1. The molecule has 0 aliphatic rings. The molecule has 2 rings (SSSR count). The highest BCUT2D eigenvalue weighted by molar-refractivity contribution is 9.10. The lowest BCUT2D eigenvalue weighted by Gasteiger charge is -2.10. The summed E-state index contributed by atoms with van der Waals surface area (Å²) in [5.41, 5.74) is 6.64. The molecule has 0 aliphatic heterocycles. The van der Waals surface area contributed by atoms with Crippen molar-refractivity contribution >= 4 is 31.6 Å². The number of nitrogen functional groups attached to an aromatic ring is 1. The average Bonchev–Trinajstić information content (AvgIpc) is 2.84. The predicted molar refractivity (Wildman–Crippen MR) is 71.6 cm³/mol. The Morgan fingerprint density at radius 3 is 2.84 bits per heavy atom. The van der Waals surface area contributed by atoms with Gasteiger partial charge in [-0.3, -0.25) is 0 Å². The highest BCUT2D eigenvalue weighted by Crippen LogP contribution is 2.26. The van der Waals surface area contributed by atoms with Crippen LogP contribution in [0.4, 0.5) is 5.69 Å². The molecule has 1 aromatic heterocycles. The smallest absolute Gasteiger partial charge is 0.241 e. The molecule has 9 heteroatoms. The number of nitrogens with zero attached hydrogens (tertiary/aromatic N) is 2. The molecule has 3 N–H and O–H groups in total. The van der Waals surface area contributed by atoms with Crippen LogP contribution in [-0.2, 0) is 16.6 Å². The zero-order chi connectivity index (χ0) is 14.0. The number of aromatic nitrogens is 2. The molecule has 2 aromatic rings. The van der Waals surface area contributed by atoms with E-state index in [1.807, 2.05) is 0 Å². The summed E-state index contributed by atoms with van der Waals surface area (Å²) >= 11 is 3.24. The van der Waals surface area contributed by atoms with Crippen LogP contribution in [0.5, 0.6) is 0 Å². The number of sulfonamides is 1. The number of aryl methyl sites for hydroxylation is 1. The molecular formula is C10H11BrN4O3S. The summed E-state index contributed by atoms with van der Waals surface area (Å²) in [7, 11) is -3.68. The first-order valence-electron chi connectivity index (χ1n) is 5.20. The maximum Gasteiger partial charge on any atom is 0.241 e. The first kappa shape index (κ1) is 14.0. The van der Waals surface area contributed by atoms with Crippen molar-refractivity contribution in [2.24, 2.45) is 0 Å². The minimum absolute atomic E-state index is 0.0474. The summed E-state index contributed by atoms with van der Waals surface area (Å²) in [4.78, 5) is 3.85. The monoisotopic (exact) mass is 346 g/mol. The van der Waals surface area contributed by atoms with Crippen LogP contribution < -0.4 is 10.5 Å². The third-order valence-corrected chi connectivity index (χ3v) is 4.64. The minimum Gasteiger partial charge on any atom is -0.398 e. The summed E-state index contributed by atoms with van der Waals surface area (Å²) in [6, 6.07) is 3.05. The quantitative estimate of drug-likeness (QED) is 0.804. The van der Waals surface area contributed by atoms with Crippen LogP contribution in [0.3, 0.4) is 0 Å². The first-order valence-corrected chi connectivity index (χ1v) is 7.48. The number of hydrogen-bond acceptors (Lipinski definition) is 6. The van der Waals surface area contributed by atoms with Crippen molar-refractivity contribution in [1.29, 1.82) is 0 Å². The molecule has 0 saturated carbocycles. The van der Waals surface area contributed by atoms with Gasteiger partial charge < -0.3 is 10.3 Å². The summed E-state index contributed by atoms with van der Waals surface area (Å²) in [5.74, 6) is 0.256. The van der Waals surface area contributed by atoms with Crippen molar-refractivity contribution in [1.82, 2.24) is 14.9 Å². The zero-order valence-corrected chi connectivity index (χ0v) is 12.3. The molecule has 0 fully saturated rings. The van der Waals surface area contributed by atoms with E-state index in [4.69, 9.17) is 5.73 Å². The Hall–Kier alpha value is -1.45. The normalized spacial score (nSPS) is 11.7. The molecule has 0 amide bonds. The molecular weight excluding hydrogens is 336 g/mol. The second-order valence-corrected chi connectivity index (χ2v) is 6.40. The van der Waals surface area contributed by atoms with Gasteiger partial charge in [0, 0.05) is 10.2 Å². The number of anilines is 1. The Morgan fingerprint density at radius 1 is 1.47 bits per heavy atom. The van der Waals surface area contributed by atoms with E-state index in [0.717, 1.165) is 6.39 Å². The van der Waals surface area contributed by atoms with Crippen LogP contribution in [0.15, 0.2) is 32.4 Å². The second-order valence-electron chi connectivity index (χ2n) is 3.81. The summed E-state index contributed by atoms with van der Waals surface area (Å²) in [6.07, 6.45) is 1.13. The van der Waals surface area contributed by atoms with E-state index >= 15 is 0 Å². The van der Waals surface area contributed by atoms with Gasteiger partial charge in [0.15, 0.2) is 5.82 Å². The van der Waals surface area contributed by atoms with Crippen molar-refractivity contribution in [3.63, 3.8) is 0 Å². The first-order chi connectivity index (χ1) is 8.90. The van der Waals surface area contributed by atoms with Gasteiger partial charge in [-0.25, -0.2) is 13.1 Å². The summed E-state index contributed by atoms with van der Waals surface area (Å²) in [5, 5.41) is 3.52. The largest absolute Gasteiger partial charge is 0.398 e. The molecule has 0 bridgehead atoms. The fourth-order valence-electron chi connectivity index (χ4n) is 1.47. The summed E-state index contributed by atoms with van der Waals surface area (Å²) < 4.78 is 31.8. The molecule has 0 aliphatic carbocycles. The molecule has 19 heavy (non-hydrogen) atoms. The van der Waals surface area contributed by atoms with Crippen LogP contribution in [0.2, 0.25) is 0 Å². The Balaban J connectivity index is 2.27. The van der Waals surface area contributed by atoms with E-state index in [0.29, 0.717) is 15.7 Å². The van der Waals surface area contributed by atoms with E-state index in [2.05, 4.69) is 35.3 Å². The highest BCUT2D eigenvalue weighted by Gasteiger charge is 2.18. The molecule has 102 valence electrons. The Labute approximate surface area is 118 Å². The summed E-state index contributed by atoms with van der Waals surface area (Å²) in [6.45, 7) is 1.64. The topological polar surface area (TPSA) is 111 Å². The van der Waals surface area contributed by atoms with E-state index in [1.165, 1.54) is 6.07 Å². The second kappa shape index (κ2) is 5.27. The predicted octanol–water partition coefficient (Wildman–Crippen LogP) is 1.20. The Kier molecular flexibility index (Phi) is 3.88. The maximum atomic E-state index is 12.1. The number of nitrogens with two attached hydrogens (primary N) is 1. The average molecular weight is 347 g/mol. The molecule has 0 radical (unpaired) electrons. The molecule has 0 atom stereocenters. The van der Waals surface area contributed by atoms with Crippen LogP contribution in [0.25, 0.3) is 0 Å². The minimum atomic E-state index is -3.68. The number of rotatable bonds is 4. The lowest BCUT2D eigenvalue weighted by Crippen LogP contribution is -2.24. The van der Waals surface area contributed by atoms with Gasteiger partial charge in [0.25, 0.3) is 0 Å². The van der Waals surface area contributed by atoms with Crippen molar-refractivity contribution in [3.05, 3.63) is 34.4 Å². The van der Waals surface area contributed by atoms with Crippen LogP contribution >= 0.6 is 15.9 Å². The maximum absolute atomic E-state index is 12.1. The van der Waals surface area contributed by atoms with Crippen LogP contribution in [0.1, 0.15) is 11.4 Å². The Bertz CT molecular complexity index is 685. The zero-order valence-electron chi connectivity index (χ0n) is 9.92. The lowest BCUT2D eigenvalue weighted by molar-refractivity contribution is 0.409. The standard InChI is InChI=1S/C10H11BrN4O3S/c1-6-2-7(11)8(12)3-9(6)19(16,17)14-4-10-13-5-18-15-10/h2-3,5,14H,4,12H2,1H3. The van der Waals surface area contributed by atoms with Crippen molar-refractivity contribution in [3.8, 4) is 0 Å². The van der Waals surface area contributed by atoms with Gasteiger partial charge >= 0.3 is 0 Å². The van der Waals surface area contributed by atoms with Crippen molar-refractivity contribution in [2.45, 2.75) is 18.4 Å². The third kappa shape index (κ3) is 3.11. The molecule has 0 saturated heterocycles. The van der Waals surface area contributed by atoms with Crippen LogP contribution in [-0.4, -0.2) is 18.6 Å². The van der Waals surface area contributed by atoms with Gasteiger partial charge in [0.2, 0.25) is 16.4 Å². The molecule has 1 heterocycles. The molecule has 0 spiro atoms. The van der Waals surface area contributed by atoms with Crippen molar-refractivity contribution < 1.29 is 12.9 Å². The number of hydrogen-bond donors (Lipinski definition) is 2. The van der Waals surface area contributed by atoms with Gasteiger partial charge in [-0.1, -0.05) is 5.16 Å². The van der Waals surface area contributed by atoms with Gasteiger partial charge in [-0.15, -0.1) is 0 Å². The van der Waals surface area contributed by atoms with E-state index in [1.54, 1.807) is 13.0 Å². The van der Waals surface area contributed by atoms with Gasteiger partial charge in [-0.05, 0) is 40.5 Å². The van der Waals surface area contributed by atoms with Gasteiger partial charge in [0.1, 0.15) is 0 Å². The molecule has 1 aromatic carbocycles. The third-order valence-electron chi connectivity index (χ3n) is 2.41. The highest BCUT2D eigenvalue weighted by atomic mass is 79.9. The van der Waals surface area contributed by atoms with E-state index in [-0.39, 0.29) is 17.3 Å². The molecule has 0 unspecified atom stereocenters. The lowest BCUT2D eigenvalue weighted by atomic mass is 10.2. The van der Waals surface area contributed by atoms with Crippen molar-refractivity contribution in [2.75, 3.05) is 5.73 Å². The fraction of sp³-hybridized carbons (Fsp3) is 0.200. The number of halogens is 1. The van der Waals surface area contributed by atoms with E-state index in [9.17, 15) is 8.42 Å². The van der Waals surface area contributed by atoms with Gasteiger partial charge in [0.05, 0.1) is 11.4 Å². The van der Waals surface area contributed by atoms with Gasteiger partial charge in [-0.2, -0.15) is 4.98 Å². The molecule has 7 nitrogen and oxygen atoms in total. The number of benzene rings is 1. The number of nitrogens with one attached hydrogen (secondary N) is 1.